The molecule has 0 heterocycles. The Morgan fingerprint density at radius 2 is 1.38 bits per heavy atom. The van der Waals surface area contributed by atoms with Gasteiger partial charge in [0.15, 0.2) is 11.5 Å². The van der Waals surface area contributed by atoms with Crippen LogP contribution in [0.5, 0.6) is 11.5 Å². The normalized spacial score (nSPS) is 11.8. The van der Waals surface area contributed by atoms with E-state index < -0.39 is 12.1 Å². The van der Waals surface area contributed by atoms with Crippen molar-refractivity contribution in [2.45, 2.75) is 6.10 Å². The first-order chi connectivity index (χ1) is 16.6. The van der Waals surface area contributed by atoms with Crippen LogP contribution < -0.4 is 14.8 Å². The second-order valence-electron chi connectivity index (χ2n) is 7.27. The van der Waals surface area contributed by atoms with Crippen molar-refractivity contribution in [2.75, 3.05) is 20.8 Å². The number of carbonyl (C=O) groups excluding carboxylic acids is 2. The lowest BCUT2D eigenvalue weighted by Crippen LogP contribution is -2.29. The average molecular weight is 458 g/mol. The SMILES string of the molecule is COc1ccc([C@H](CNC(=O)/C=C/c2ccccc2)OC(=O)/C=C/c2ccccc2)cc1OC. The van der Waals surface area contributed by atoms with Crippen LogP contribution in [0.15, 0.2) is 91.0 Å². The third kappa shape index (κ3) is 7.38. The molecule has 0 bridgehead atoms. The molecule has 1 amide bonds. The molecule has 3 rings (SSSR count). The highest BCUT2D eigenvalue weighted by atomic mass is 16.5. The standard InChI is InChI=1S/C28H27NO5/c1-32-24-16-15-23(19-25(24)33-2)26(34-28(31)18-14-22-11-7-4-8-12-22)20-29-27(30)17-13-21-9-5-3-6-10-21/h3-19,26H,20H2,1-2H3,(H,29,30)/b17-13+,18-14+/t26-/m0/s1. The van der Waals surface area contributed by atoms with Crippen LogP contribution in [0.1, 0.15) is 22.8 Å². The van der Waals surface area contributed by atoms with Crippen molar-refractivity contribution in [3.8, 4) is 11.5 Å². The molecule has 0 aliphatic rings. The third-order valence-electron chi connectivity index (χ3n) is 4.94. The molecule has 34 heavy (non-hydrogen) atoms. The molecule has 6 heteroatoms. The fourth-order valence-corrected chi connectivity index (χ4v) is 3.18. The van der Waals surface area contributed by atoms with Gasteiger partial charge in [-0.3, -0.25) is 4.79 Å². The Bertz CT molecular complexity index is 1140. The van der Waals surface area contributed by atoms with Gasteiger partial charge in [-0.25, -0.2) is 4.79 Å². The lowest BCUT2D eigenvalue weighted by Gasteiger charge is -2.19. The van der Waals surface area contributed by atoms with Crippen molar-refractivity contribution in [2.24, 2.45) is 0 Å². The summed E-state index contributed by atoms with van der Waals surface area (Å²) in [5, 5.41) is 2.80. The molecule has 0 aliphatic carbocycles. The minimum atomic E-state index is -0.734. The maximum Gasteiger partial charge on any atom is 0.331 e. The lowest BCUT2D eigenvalue weighted by atomic mass is 10.1. The number of benzene rings is 3. The summed E-state index contributed by atoms with van der Waals surface area (Å²) >= 11 is 0. The van der Waals surface area contributed by atoms with Gasteiger partial charge in [-0.05, 0) is 41.0 Å². The molecule has 174 valence electrons. The monoisotopic (exact) mass is 457 g/mol. The molecule has 0 saturated carbocycles. The zero-order valence-electron chi connectivity index (χ0n) is 19.1. The molecule has 0 spiro atoms. The van der Waals surface area contributed by atoms with Crippen molar-refractivity contribution in [3.05, 3.63) is 108 Å². The molecule has 1 N–H and O–H groups in total. The Hall–Kier alpha value is -4.32. The van der Waals surface area contributed by atoms with Crippen LogP contribution in [0.4, 0.5) is 0 Å². The number of rotatable bonds is 10. The Kier molecular flexibility index (Phi) is 9.05. The Morgan fingerprint density at radius 3 is 1.97 bits per heavy atom. The van der Waals surface area contributed by atoms with Crippen LogP contribution in [0, 0.1) is 0 Å². The molecular weight excluding hydrogens is 430 g/mol. The van der Waals surface area contributed by atoms with Crippen LogP contribution in [-0.2, 0) is 14.3 Å². The van der Waals surface area contributed by atoms with Crippen molar-refractivity contribution < 1.29 is 23.8 Å². The van der Waals surface area contributed by atoms with Gasteiger partial charge < -0.3 is 19.5 Å². The molecule has 1 atom stereocenters. The van der Waals surface area contributed by atoms with E-state index in [1.165, 1.54) is 19.3 Å². The van der Waals surface area contributed by atoms with Gasteiger partial charge in [-0.15, -0.1) is 0 Å². The lowest BCUT2D eigenvalue weighted by molar-refractivity contribution is -0.143. The summed E-state index contributed by atoms with van der Waals surface area (Å²) in [5.74, 6) is 0.217. The molecule has 0 unspecified atom stereocenters. The van der Waals surface area contributed by atoms with Crippen LogP contribution >= 0.6 is 0 Å². The van der Waals surface area contributed by atoms with Crippen molar-refractivity contribution in [3.63, 3.8) is 0 Å². The van der Waals surface area contributed by atoms with Crippen LogP contribution in [0.25, 0.3) is 12.2 Å². The Labute approximate surface area is 199 Å². The second-order valence-corrected chi connectivity index (χ2v) is 7.27. The Balaban J connectivity index is 1.73. The smallest absolute Gasteiger partial charge is 0.331 e. The highest BCUT2D eigenvalue weighted by molar-refractivity contribution is 5.91. The van der Waals surface area contributed by atoms with Crippen molar-refractivity contribution >= 4 is 24.0 Å². The van der Waals surface area contributed by atoms with Crippen molar-refractivity contribution in [1.82, 2.24) is 5.32 Å². The van der Waals surface area contributed by atoms with Crippen molar-refractivity contribution in [1.29, 1.82) is 0 Å². The maximum atomic E-state index is 12.5. The van der Waals surface area contributed by atoms with Gasteiger partial charge in [0.25, 0.3) is 0 Å². The van der Waals surface area contributed by atoms with E-state index >= 15 is 0 Å². The van der Waals surface area contributed by atoms with Gasteiger partial charge in [0.2, 0.25) is 5.91 Å². The number of hydrogen-bond donors (Lipinski definition) is 1. The summed E-state index contributed by atoms with van der Waals surface area (Å²) in [6.07, 6.45) is 5.46. The summed E-state index contributed by atoms with van der Waals surface area (Å²) in [6.45, 7) is 0.0817. The van der Waals surface area contributed by atoms with Gasteiger partial charge in [0.1, 0.15) is 6.10 Å². The zero-order chi connectivity index (χ0) is 24.2. The van der Waals surface area contributed by atoms with Crippen LogP contribution in [0.2, 0.25) is 0 Å². The average Bonchev–Trinajstić information content (AvgIpc) is 2.89. The van der Waals surface area contributed by atoms with Gasteiger partial charge in [-0.2, -0.15) is 0 Å². The summed E-state index contributed by atoms with van der Waals surface area (Å²) in [7, 11) is 3.07. The second kappa shape index (κ2) is 12.6. The van der Waals surface area contributed by atoms with Gasteiger partial charge >= 0.3 is 5.97 Å². The highest BCUT2D eigenvalue weighted by Crippen LogP contribution is 2.31. The number of hydrogen-bond acceptors (Lipinski definition) is 5. The van der Waals surface area contributed by atoms with Gasteiger partial charge in [0, 0.05) is 12.2 Å². The molecule has 0 radical (unpaired) electrons. The number of amides is 1. The number of ether oxygens (including phenoxy) is 3. The van der Waals surface area contributed by atoms with E-state index in [1.54, 1.807) is 37.5 Å². The molecular formula is C28H27NO5. The minimum Gasteiger partial charge on any atom is -0.493 e. The van der Waals surface area contributed by atoms with E-state index in [0.29, 0.717) is 17.1 Å². The summed E-state index contributed by atoms with van der Waals surface area (Å²) in [5.41, 5.74) is 2.44. The quantitative estimate of drug-likeness (QED) is 0.349. The van der Waals surface area contributed by atoms with Crippen LogP contribution in [-0.4, -0.2) is 32.6 Å². The van der Waals surface area contributed by atoms with Gasteiger partial charge in [0.05, 0.1) is 20.8 Å². The van der Waals surface area contributed by atoms with E-state index in [1.807, 2.05) is 60.7 Å². The summed E-state index contributed by atoms with van der Waals surface area (Å²) in [4.78, 5) is 24.9. The van der Waals surface area contributed by atoms with Crippen LogP contribution in [0.3, 0.4) is 0 Å². The summed E-state index contributed by atoms with van der Waals surface area (Å²) < 4.78 is 16.3. The predicted molar refractivity (Wildman–Crippen MR) is 132 cm³/mol. The first kappa shape index (κ1) is 24.3. The van der Waals surface area contributed by atoms with E-state index in [9.17, 15) is 9.59 Å². The first-order valence-electron chi connectivity index (χ1n) is 10.8. The van der Waals surface area contributed by atoms with E-state index in [2.05, 4.69) is 5.32 Å². The Morgan fingerprint density at radius 1 is 0.794 bits per heavy atom. The third-order valence-corrected chi connectivity index (χ3v) is 4.94. The van der Waals surface area contributed by atoms with E-state index in [-0.39, 0.29) is 12.5 Å². The topological polar surface area (TPSA) is 73.9 Å². The molecule has 0 aromatic heterocycles. The number of carbonyl (C=O) groups is 2. The minimum absolute atomic E-state index is 0.0817. The number of esters is 1. The molecule has 3 aromatic rings. The predicted octanol–water partition coefficient (Wildman–Crippen LogP) is 4.83. The maximum absolute atomic E-state index is 12.5. The molecule has 0 fully saturated rings. The molecule has 0 aliphatic heterocycles. The zero-order valence-corrected chi connectivity index (χ0v) is 19.1. The fourth-order valence-electron chi connectivity index (χ4n) is 3.18. The molecule has 6 nitrogen and oxygen atoms in total. The highest BCUT2D eigenvalue weighted by Gasteiger charge is 2.19. The number of methoxy groups -OCH3 is 2. The number of nitrogens with one attached hydrogen (secondary N) is 1. The van der Waals surface area contributed by atoms with E-state index in [4.69, 9.17) is 14.2 Å². The first-order valence-corrected chi connectivity index (χ1v) is 10.8. The molecule has 0 saturated heterocycles. The largest absolute Gasteiger partial charge is 0.493 e. The fraction of sp³-hybridized carbons (Fsp3) is 0.143. The summed E-state index contributed by atoms with van der Waals surface area (Å²) in [6, 6.07) is 24.2. The van der Waals surface area contributed by atoms with Gasteiger partial charge in [-0.1, -0.05) is 66.7 Å². The van der Waals surface area contributed by atoms with E-state index in [0.717, 1.165) is 11.1 Å². The molecule has 3 aromatic carbocycles.